The van der Waals surface area contributed by atoms with E-state index in [-0.39, 0.29) is 18.6 Å². The summed E-state index contributed by atoms with van der Waals surface area (Å²) >= 11 is 0. The fourth-order valence-electron chi connectivity index (χ4n) is 4.14. The summed E-state index contributed by atoms with van der Waals surface area (Å²) < 4.78 is 21.4. The Morgan fingerprint density at radius 3 is 2.19 bits per heavy atom. The number of nitrogens with one attached hydrogen (secondary N) is 2. The number of carbonyl (C=O) groups is 3. The summed E-state index contributed by atoms with van der Waals surface area (Å²) in [4.78, 5) is 38.2. The van der Waals surface area contributed by atoms with E-state index in [9.17, 15) is 14.4 Å². The molecule has 9 nitrogen and oxygen atoms in total. The number of hydrogen-bond acceptors (Lipinski definition) is 7. The van der Waals surface area contributed by atoms with E-state index in [2.05, 4.69) is 10.6 Å². The van der Waals surface area contributed by atoms with Gasteiger partial charge in [-0.1, -0.05) is 37.5 Å². The average molecular weight is 511 g/mol. The second-order valence-corrected chi connectivity index (χ2v) is 8.66. The molecular weight excluding hydrogens is 476 g/mol. The number of esters is 1. The summed E-state index contributed by atoms with van der Waals surface area (Å²) in [6, 6.07) is 10.9. The first-order valence-corrected chi connectivity index (χ1v) is 12.3. The van der Waals surface area contributed by atoms with Crippen LogP contribution >= 0.6 is 0 Å². The summed E-state index contributed by atoms with van der Waals surface area (Å²) in [7, 11) is 4.51. The largest absolute Gasteiger partial charge is 0.493 e. The zero-order valence-electron chi connectivity index (χ0n) is 21.5. The summed E-state index contributed by atoms with van der Waals surface area (Å²) in [5.74, 6) is -0.154. The highest BCUT2D eigenvalue weighted by molar-refractivity contribution is 5.96. The Balaban J connectivity index is 1.70. The van der Waals surface area contributed by atoms with Crippen LogP contribution in [0.25, 0.3) is 6.08 Å². The van der Waals surface area contributed by atoms with E-state index in [1.54, 1.807) is 48.5 Å². The van der Waals surface area contributed by atoms with E-state index in [0.717, 1.165) is 32.1 Å². The maximum atomic E-state index is 13.0. The lowest BCUT2D eigenvalue weighted by Gasteiger charge is -2.25. The zero-order valence-corrected chi connectivity index (χ0v) is 21.5. The molecule has 1 saturated carbocycles. The molecule has 0 unspecified atom stereocenters. The predicted molar refractivity (Wildman–Crippen MR) is 139 cm³/mol. The van der Waals surface area contributed by atoms with E-state index in [1.807, 2.05) is 0 Å². The number of benzene rings is 2. The van der Waals surface area contributed by atoms with Gasteiger partial charge in [-0.2, -0.15) is 0 Å². The quantitative estimate of drug-likeness (QED) is 0.351. The summed E-state index contributed by atoms with van der Waals surface area (Å²) in [5, 5.41) is 5.65. The lowest BCUT2D eigenvalue weighted by Crippen LogP contribution is -2.52. The van der Waals surface area contributed by atoms with Crippen molar-refractivity contribution in [2.24, 2.45) is 0 Å². The minimum Gasteiger partial charge on any atom is -0.493 e. The van der Waals surface area contributed by atoms with E-state index < -0.39 is 17.9 Å². The zero-order chi connectivity index (χ0) is 26.6. The first kappa shape index (κ1) is 27.6. The van der Waals surface area contributed by atoms with Gasteiger partial charge in [-0.15, -0.1) is 0 Å². The van der Waals surface area contributed by atoms with Crippen molar-refractivity contribution >= 4 is 23.9 Å². The molecule has 9 heteroatoms. The van der Waals surface area contributed by atoms with Crippen LogP contribution in [0.3, 0.4) is 0 Å². The van der Waals surface area contributed by atoms with Crippen molar-refractivity contribution in [2.45, 2.75) is 44.2 Å². The predicted octanol–water partition coefficient (Wildman–Crippen LogP) is 3.52. The molecule has 0 radical (unpaired) electrons. The van der Waals surface area contributed by atoms with Gasteiger partial charge in [-0.05, 0) is 48.7 Å². The third-order valence-electron chi connectivity index (χ3n) is 6.09. The molecule has 3 rings (SSSR count). The van der Waals surface area contributed by atoms with Crippen molar-refractivity contribution in [3.63, 3.8) is 0 Å². The topological polar surface area (TPSA) is 112 Å². The Morgan fingerprint density at radius 1 is 0.946 bits per heavy atom. The lowest BCUT2D eigenvalue weighted by molar-refractivity contribution is -0.128. The van der Waals surface area contributed by atoms with E-state index in [0.29, 0.717) is 28.4 Å². The Hall–Kier alpha value is -4.01. The average Bonchev–Trinajstić information content (AvgIpc) is 2.94. The van der Waals surface area contributed by atoms with Crippen LogP contribution in [0.15, 0.2) is 48.5 Å². The molecule has 2 N–H and O–H groups in total. The van der Waals surface area contributed by atoms with Gasteiger partial charge in [0, 0.05) is 12.1 Å². The maximum Gasteiger partial charge on any atom is 0.338 e. The molecular formula is C28H34N2O7. The molecule has 0 saturated heterocycles. The van der Waals surface area contributed by atoms with Crippen LogP contribution in [0.4, 0.5) is 0 Å². The summed E-state index contributed by atoms with van der Waals surface area (Å²) in [6.07, 6.45) is 7.86. The summed E-state index contributed by atoms with van der Waals surface area (Å²) in [6.45, 7) is -0.296. The Kier molecular flexibility index (Phi) is 10.4. The van der Waals surface area contributed by atoms with Gasteiger partial charge in [0.05, 0.1) is 26.9 Å². The number of hydrogen-bond donors (Lipinski definition) is 2. The van der Waals surface area contributed by atoms with Crippen molar-refractivity contribution in [3.05, 3.63) is 59.7 Å². The standard InChI is InChI=1S/C28H34N2O7/c1-34-23-16-19(17-24(35-2)26(23)36-3)14-15-25(31)30-22(27(32)29-21-12-8-5-9-13-21)18-37-28(33)20-10-6-4-7-11-20/h4,6-7,10-11,14-17,21-22H,5,8-9,12-13,18H2,1-3H3,(H,29,32)(H,30,31)/b15-14+/t22-/m0/s1. The van der Waals surface area contributed by atoms with Crippen LogP contribution in [0.2, 0.25) is 0 Å². The Bertz CT molecular complexity index is 1070. The van der Waals surface area contributed by atoms with Crippen LogP contribution < -0.4 is 24.8 Å². The van der Waals surface area contributed by atoms with Crippen molar-refractivity contribution < 1.29 is 33.3 Å². The van der Waals surface area contributed by atoms with Gasteiger partial charge < -0.3 is 29.6 Å². The fourth-order valence-corrected chi connectivity index (χ4v) is 4.14. The van der Waals surface area contributed by atoms with Crippen molar-refractivity contribution in [1.29, 1.82) is 0 Å². The minimum absolute atomic E-state index is 0.0419. The second-order valence-electron chi connectivity index (χ2n) is 8.66. The maximum absolute atomic E-state index is 13.0. The first-order chi connectivity index (χ1) is 17.9. The summed E-state index contributed by atoms with van der Waals surface area (Å²) in [5.41, 5.74) is 0.992. The third-order valence-corrected chi connectivity index (χ3v) is 6.09. The molecule has 2 amide bonds. The molecule has 0 heterocycles. The van der Waals surface area contributed by atoms with Crippen LogP contribution in [0, 0.1) is 0 Å². The molecule has 1 aliphatic carbocycles. The van der Waals surface area contributed by atoms with Gasteiger partial charge in [0.2, 0.25) is 17.6 Å². The molecule has 0 aliphatic heterocycles. The molecule has 0 aromatic heterocycles. The number of rotatable bonds is 11. The lowest BCUT2D eigenvalue weighted by atomic mass is 9.95. The van der Waals surface area contributed by atoms with Crippen LogP contribution in [0.5, 0.6) is 17.2 Å². The molecule has 37 heavy (non-hydrogen) atoms. The highest BCUT2D eigenvalue weighted by Crippen LogP contribution is 2.38. The van der Waals surface area contributed by atoms with Crippen molar-refractivity contribution in [1.82, 2.24) is 10.6 Å². The van der Waals surface area contributed by atoms with Crippen LogP contribution in [0.1, 0.15) is 48.0 Å². The van der Waals surface area contributed by atoms with Crippen LogP contribution in [-0.4, -0.2) is 57.8 Å². The van der Waals surface area contributed by atoms with Gasteiger partial charge in [0.1, 0.15) is 12.6 Å². The first-order valence-electron chi connectivity index (χ1n) is 12.3. The normalized spacial score (nSPS) is 14.5. The number of carbonyl (C=O) groups excluding carboxylic acids is 3. The van der Waals surface area contributed by atoms with E-state index in [1.165, 1.54) is 27.4 Å². The molecule has 2 aromatic carbocycles. The van der Waals surface area contributed by atoms with E-state index in [4.69, 9.17) is 18.9 Å². The van der Waals surface area contributed by atoms with Gasteiger partial charge in [0.25, 0.3) is 0 Å². The monoisotopic (exact) mass is 510 g/mol. The molecule has 2 aromatic rings. The molecule has 1 aliphatic rings. The van der Waals surface area contributed by atoms with E-state index >= 15 is 0 Å². The van der Waals surface area contributed by atoms with Gasteiger partial charge in [-0.3, -0.25) is 9.59 Å². The van der Waals surface area contributed by atoms with Gasteiger partial charge in [-0.25, -0.2) is 4.79 Å². The fraction of sp³-hybridized carbons (Fsp3) is 0.393. The SMILES string of the molecule is COc1cc(/C=C/C(=O)N[C@@H](COC(=O)c2ccccc2)C(=O)NC2CCCCC2)cc(OC)c1OC. The minimum atomic E-state index is -1.05. The highest BCUT2D eigenvalue weighted by Gasteiger charge is 2.25. The van der Waals surface area contributed by atoms with Gasteiger partial charge in [0.15, 0.2) is 11.5 Å². The second kappa shape index (κ2) is 13.9. The number of amides is 2. The molecule has 0 bridgehead atoms. The number of methoxy groups -OCH3 is 3. The molecule has 1 fully saturated rings. The Morgan fingerprint density at radius 2 is 1.59 bits per heavy atom. The molecule has 1 atom stereocenters. The Labute approximate surface area is 217 Å². The molecule has 0 spiro atoms. The highest BCUT2D eigenvalue weighted by atomic mass is 16.5. The number of ether oxygens (including phenoxy) is 4. The van der Waals surface area contributed by atoms with Gasteiger partial charge >= 0.3 is 5.97 Å². The molecule has 198 valence electrons. The third kappa shape index (κ3) is 7.99. The smallest absolute Gasteiger partial charge is 0.338 e. The van der Waals surface area contributed by atoms with Crippen LogP contribution in [-0.2, 0) is 14.3 Å². The van der Waals surface area contributed by atoms with Crippen molar-refractivity contribution in [2.75, 3.05) is 27.9 Å². The van der Waals surface area contributed by atoms with Crippen molar-refractivity contribution in [3.8, 4) is 17.2 Å².